The molecule has 0 aliphatic carbocycles. The molecule has 0 saturated carbocycles. The number of nitrogens with zero attached hydrogens (tertiary/aromatic N) is 1. The van der Waals surface area contributed by atoms with Crippen molar-refractivity contribution in [2.24, 2.45) is 0 Å². The number of rotatable bonds is 3. The van der Waals surface area contributed by atoms with Crippen molar-refractivity contribution in [1.29, 1.82) is 0 Å². The van der Waals surface area contributed by atoms with Crippen molar-refractivity contribution >= 4 is 75.7 Å². The molecule has 2 aliphatic heterocycles. The van der Waals surface area contributed by atoms with Gasteiger partial charge in [-0.3, -0.25) is 9.59 Å². The molecular formula is C16H12ClI2NO2. The maximum atomic E-state index is 12.6. The number of amides is 2. The monoisotopic (exact) mass is 539 g/mol. The number of carbonyl (C=O) groups excluding carboxylic acids is 2. The minimum absolute atomic E-state index is 0.254. The van der Waals surface area contributed by atoms with Gasteiger partial charge in [-0.05, 0) is 29.9 Å². The molecule has 0 unspecified atom stereocenters. The summed E-state index contributed by atoms with van der Waals surface area (Å²) >= 11 is 3.62. The van der Waals surface area contributed by atoms with Crippen LogP contribution in [0.4, 0.5) is 0 Å². The first-order valence-electron chi connectivity index (χ1n) is 6.28. The quantitative estimate of drug-likeness (QED) is 0.333. The summed E-state index contributed by atoms with van der Waals surface area (Å²) in [6.07, 6.45) is 3.93. The van der Waals surface area contributed by atoms with Crippen LogP contribution in [0.1, 0.15) is 20.7 Å². The van der Waals surface area contributed by atoms with Crippen LogP contribution in [0.2, 0.25) is 0 Å². The number of alkyl halides is 1. The molecule has 0 fully saturated rings. The van der Waals surface area contributed by atoms with E-state index in [-0.39, 0.29) is 32.5 Å². The second kappa shape index (κ2) is 6.37. The molecule has 3 nitrogen and oxygen atoms in total. The normalized spacial score (nSPS) is 18.4. The molecule has 0 spiro atoms. The van der Waals surface area contributed by atoms with Gasteiger partial charge in [0, 0.05) is 7.47 Å². The lowest BCUT2D eigenvalue weighted by Gasteiger charge is -2.20. The molecule has 0 radical (unpaired) electrons. The standard InChI is InChI=1S/C16H12ClI2NO2/c1-18-13-7-10(9-17)8-14(19(13)2)20-15(21)11-5-3-4-6-12(11)16(20)22/h3-8H,1-2,9H2. The maximum Gasteiger partial charge on any atom is 0.266 e. The summed E-state index contributed by atoms with van der Waals surface area (Å²) in [5, 5.41) is 0. The van der Waals surface area contributed by atoms with Gasteiger partial charge < -0.3 is 0 Å². The van der Waals surface area contributed by atoms with Crippen molar-refractivity contribution in [3.05, 3.63) is 54.7 Å². The number of halogens is 3. The molecule has 6 heteroatoms. The first kappa shape index (κ1) is 16.1. The second-order valence-electron chi connectivity index (χ2n) is 4.60. The zero-order valence-electron chi connectivity index (χ0n) is 11.5. The van der Waals surface area contributed by atoms with Crippen molar-refractivity contribution in [3.8, 4) is 0 Å². The smallest absolute Gasteiger partial charge is 0.266 e. The molecule has 114 valence electrons. The fourth-order valence-electron chi connectivity index (χ4n) is 2.29. The molecule has 2 heterocycles. The van der Waals surface area contributed by atoms with Gasteiger partial charge in [-0.2, -0.15) is 0 Å². The summed E-state index contributed by atoms with van der Waals surface area (Å²) in [4.78, 5) is 26.6. The minimum Gasteiger partial charge on any atom is -0.268 e. The molecule has 0 bridgehead atoms. The molecule has 0 atom stereocenters. The highest BCUT2D eigenvalue weighted by Gasteiger charge is 2.37. The van der Waals surface area contributed by atoms with Crippen LogP contribution >= 0.6 is 51.2 Å². The Morgan fingerprint density at radius 3 is 2.23 bits per heavy atom. The van der Waals surface area contributed by atoms with Crippen molar-refractivity contribution < 1.29 is 9.59 Å². The molecule has 2 amide bonds. The maximum absolute atomic E-state index is 12.6. The van der Waals surface area contributed by atoms with Crippen molar-refractivity contribution in [2.45, 2.75) is 0 Å². The molecule has 0 aromatic heterocycles. The molecule has 22 heavy (non-hydrogen) atoms. The van der Waals surface area contributed by atoms with Crippen LogP contribution in [-0.4, -0.2) is 35.3 Å². The topological polar surface area (TPSA) is 37.4 Å². The van der Waals surface area contributed by atoms with Crippen molar-refractivity contribution in [3.63, 3.8) is 0 Å². The van der Waals surface area contributed by atoms with E-state index in [1.54, 1.807) is 24.3 Å². The Kier molecular flexibility index (Phi) is 4.65. The average molecular weight is 540 g/mol. The van der Waals surface area contributed by atoms with Crippen LogP contribution in [0, 0.1) is 0 Å². The van der Waals surface area contributed by atoms with Crippen LogP contribution < -0.4 is 0 Å². The fraction of sp³-hybridized carbons (Fsp3) is 0.0625. The molecular weight excluding hydrogens is 527 g/mol. The van der Waals surface area contributed by atoms with E-state index in [0.29, 0.717) is 17.0 Å². The van der Waals surface area contributed by atoms with Crippen LogP contribution in [-0.2, 0) is 0 Å². The van der Waals surface area contributed by atoms with Crippen LogP contribution in [0.25, 0.3) is 0 Å². The third-order valence-corrected chi connectivity index (χ3v) is 13.6. The van der Waals surface area contributed by atoms with Crippen molar-refractivity contribution in [1.82, 2.24) is 4.90 Å². The average Bonchev–Trinajstić information content (AvgIpc) is 2.80. The zero-order valence-corrected chi connectivity index (χ0v) is 16.6. The molecule has 1 aromatic rings. The highest BCUT2D eigenvalue weighted by atomic mass is 127. The number of hydrogen-bond donors (Lipinski definition) is 0. The van der Waals surface area contributed by atoms with Gasteiger partial charge in [0.25, 0.3) is 11.8 Å². The summed E-state index contributed by atoms with van der Waals surface area (Å²) in [5.41, 5.74) is 1.85. The highest BCUT2D eigenvalue weighted by Crippen LogP contribution is 2.40. The van der Waals surface area contributed by atoms with E-state index in [1.807, 2.05) is 6.08 Å². The number of carbonyl (C=O) groups is 2. The molecule has 1 aromatic carbocycles. The number of benzene rings is 1. The second-order valence-corrected chi connectivity index (χ2v) is 13.2. The van der Waals surface area contributed by atoms with Crippen molar-refractivity contribution in [2.75, 3.05) is 5.88 Å². The first-order valence-corrected chi connectivity index (χ1v) is 13.1. The van der Waals surface area contributed by atoms with E-state index in [1.165, 1.54) is 6.49 Å². The summed E-state index contributed by atoms with van der Waals surface area (Å²) in [6.45, 7) is 0. The molecule has 0 saturated heterocycles. The summed E-state index contributed by atoms with van der Waals surface area (Å²) in [7, 11) is 0. The largest absolute Gasteiger partial charge is 0.268 e. The summed E-state index contributed by atoms with van der Waals surface area (Å²) < 4.78 is 10.3. The summed E-state index contributed by atoms with van der Waals surface area (Å²) in [6, 6.07) is 6.93. The fourth-order valence-corrected chi connectivity index (χ4v) is 10.2. The third-order valence-electron chi connectivity index (χ3n) is 3.34. The Balaban J connectivity index is 2.17. The first-order chi connectivity index (χ1) is 10.6. The highest BCUT2D eigenvalue weighted by molar-refractivity contribution is 14.3. The van der Waals surface area contributed by atoms with Gasteiger partial charge in [0.05, 0.1) is 14.8 Å². The lowest BCUT2D eigenvalue weighted by molar-refractivity contribution is 0.0753. The molecule has 2 aliphatic rings. The Bertz CT molecular complexity index is 826. The predicted molar refractivity (Wildman–Crippen MR) is 111 cm³/mol. The van der Waals surface area contributed by atoms with Gasteiger partial charge in [0.15, 0.2) is 0 Å². The number of imide groups is 1. The number of allylic oxidation sites excluding steroid dienone is 2. The van der Waals surface area contributed by atoms with E-state index < -0.39 is 18.9 Å². The van der Waals surface area contributed by atoms with Gasteiger partial charge in [-0.15, -0.1) is 11.6 Å². The van der Waals surface area contributed by atoms with Crippen LogP contribution in [0.15, 0.2) is 43.6 Å². The Hall–Kier alpha value is -0.800. The minimum atomic E-state index is -1.97. The SMILES string of the molecule is C=IC1=CC(CCl)=CC(N2C(=O)c3ccccc3C2=O)=I1=C. The van der Waals surface area contributed by atoms with E-state index in [0.717, 1.165) is 9.21 Å². The van der Waals surface area contributed by atoms with E-state index in [2.05, 4.69) is 15.1 Å². The number of hydrogen-bond acceptors (Lipinski definition) is 2. The van der Waals surface area contributed by atoms with E-state index in [4.69, 9.17) is 11.6 Å². The van der Waals surface area contributed by atoms with Gasteiger partial charge in [-0.1, -0.05) is 60.8 Å². The molecule has 0 N–H and O–H groups in total. The van der Waals surface area contributed by atoms with Gasteiger partial charge >= 0.3 is 0 Å². The lowest BCUT2D eigenvalue weighted by Crippen LogP contribution is -2.34. The van der Waals surface area contributed by atoms with Gasteiger partial charge in [0.1, 0.15) is 0 Å². The van der Waals surface area contributed by atoms with E-state index in [9.17, 15) is 9.59 Å². The van der Waals surface area contributed by atoms with Crippen LogP contribution in [0.3, 0.4) is 0 Å². The van der Waals surface area contributed by atoms with Gasteiger partial charge in [-0.25, -0.2) is 4.90 Å². The predicted octanol–water partition coefficient (Wildman–Crippen LogP) is 3.77. The summed E-state index contributed by atoms with van der Waals surface area (Å²) in [5.74, 6) is -0.158. The van der Waals surface area contributed by atoms with Crippen LogP contribution in [0.5, 0.6) is 0 Å². The third kappa shape index (κ3) is 2.52. The lowest BCUT2D eigenvalue weighted by atomic mass is 10.1. The molecule has 3 rings (SSSR count). The van der Waals surface area contributed by atoms with E-state index >= 15 is 0 Å². The number of fused-ring (bicyclic) bond motifs is 1. The Morgan fingerprint density at radius 2 is 1.73 bits per heavy atom. The zero-order chi connectivity index (χ0) is 15.9. The Morgan fingerprint density at radius 1 is 1.14 bits per heavy atom. The van der Waals surface area contributed by atoms with Gasteiger partial charge in [0.2, 0.25) is 0 Å². The Labute approximate surface area is 149 Å².